The molecule has 1 aliphatic heterocycles. The van der Waals surface area contributed by atoms with E-state index < -0.39 is 0 Å². The zero-order valence-corrected chi connectivity index (χ0v) is 8.66. The van der Waals surface area contributed by atoms with E-state index in [2.05, 4.69) is 36.7 Å². The number of nitrogens with one attached hydrogen (secondary N) is 2. The topological polar surface area (TPSA) is 58.2 Å². The Labute approximate surface area is 83.1 Å². The van der Waals surface area contributed by atoms with Gasteiger partial charge < -0.3 is 10.6 Å². The molecule has 0 saturated carbocycles. The summed E-state index contributed by atoms with van der Waals surface area (Å²) in [6.45, 7) is 4.36. The molecule has 0 unspecified atom stereocenters. The van der Waals surface area contributed by atoms with E-state index in [4.69, 9.17) is 0 Å². The molecule has 1 fully saturated rings. The highest BCUT2D eigenvalue weighted by molar-refractivity contribution is 7.80. The number of thiocarbonyl (C=S) groups is 1. The van der Waals surface area contributed by atoms with Crippen molar-refractivity contribution < 1.29 is 9.59 Å². The van der Waals surface area contributed by atoms with Gasteiger partial charge in [-0.15, -0.1) is 0 Å². The van der Waals surface area contributed by atoms with E-state index in [1.807, 2.05) is 0 Å². The van der Waals surface area contributed by atoms with Crippen LogP contribution in [0.1, 0.15) is 33.1 Å². The summed E-state index contributed by atoms with van der Waals surface area (Å²) < 4.78 is 0. The van der Waals surface area contributed by atoms with Crippen molar-refractivity contribution >= 4 is 29.1 Å². The lowest BCUT2D eigenvalue weighted by Gasteiger charge is -2.12. The van der Waals surface area contributed by atoms with Gasteiger partial charge in [0, 0.05) is 0 Å². The largest absolute Gasteiger partial charge is 0.302 e. The molecule has 1 aliphatic rings. The molecule has 2 N–H and O–H groups in total. The van der Waals surface area contributed by atoms with E-state index in [0.29, 0.717) is 0 Å². The molecule has 0 aliphatic carbocycles. The lowest BCUT2D eigenvalue weighted by molar-refractivity contribution is -0.129. The van der Waals surface area contributed by atoms with Gasteiger partial charge in [0.15, 0.2) is 5.11 Å². The van der Waals surface area contributed by atoms with Gasteiger partial charge in [0.05, 0.1) is 0 Å². The third-order valence-electron chi connectivity index (χ3n) is 1.33. The van der Waals surface area contributed by atoms with Gasteiger partial charge in [0.1, 0.15) is 6.42 Å². The van der Waals surface area contributed by atoms with Crippen LogP contribution in [0, 0.1) is 0 Å². The molecule has 13 heavy (non-hydrogen) atoms. The highest BCUT2D eigenvalue weighted by atomic mass is 32.1. The molecular weight excluding hydrogens is 188 g/mol. The number of amides is 2. The summed E-state index contributed by atoms with van der Waals surface area (Å²) in [4.78, 5) is 20.8. The molecule has 5 heteroatoms. The van der Waals surface area contributed by atoms with Crippen molar-refractivity contribution in [1.29, 1.82) is 0 Å². The van der Waals surface area contributed by atoms with Crippen LogP contribution in [0.5, 0.6) is 0 Å². The van der Waals surface area contributed by atoms with E-state index in [9.17, 15) is 9.59 Å². The van der Waals surface area contributed by atoms with Gasteiger partial charge in [-0.3, -0.25) is 9.59 Å². The fraction of sp³-hybridized carbons (Fsp3) is 0.625. The second kappa shape index (κ2) is 6.54. The zero-order valence-electron chi connectivity index (χ0n) is 7.85. The van der Waals surface area contributed by atoms with Crippen LogP contribution in [0.2, 0.25) is 0 Å². The molecule has 0 atom stereocenters. The van der Waals surface area contributed by atoms with Crippen LogP contribution in [0.4, 0.5) is 0 Å². The second-order valence-electron chi connectivity index (χ2n) is 2.60. The maximum absolute atomic E-state index is 10.4. The van der Waals surface area contributed by atoms with Gasteiger partial charge >= 0.3 is 0 Å². The van der Waals surface area contributed by atoms with Crippen molar-refractivity contribution in [3.8, 4) is 0 Å². The molecule has 0 radical (unpaired) electrons. The van der Waals surface area contributed by atoms with E-state index >= 15 is 0 Å². The van der Waals surface area contributed by atoms with Crippen LogP contribution in [-0.2, 0) is 9.59 Å². The minimum Gasteiger partial charge on any atom is -0.302 e. The van der Waals surface area contributed by atoms with Gasteiger partial charge in [-0.05, 0) is 12.2 Å². The fourth-order valence-electron chi connectivity index (χ4n) is 0.519. The van der Waals surface area contributed by atoms with E-state index in [-0.39, 0.29) is 23.3 Å². The SMILES string of the molecule is CCCC.O=C1CC(=O)NC(=S)N1. The lowest BCUT2D eigenvalue weighted by atomic mass is 10.3. The minimum absolute atomic E-state index is 0.0938. The normalized spacial score (nSPS) is 15.4. The highest BCUT2D eigenvalue weighted by Crippen LogP contribution is 1.86. The maximum Gasteiger partial charge on any atom is 0.235 e. The Bertz CT molecular complexity index is 169. The van der Waals surface area contributed by atoms with Crippen molar-refractivity contribution in [2.75, 3.05) is 0 Å². The van der Waals surface area contributed by atoms with E-state index in [0.717, 1.165) is 0 Å². The number of hydrogen-bond acceptors (Lipinski definition) is 3. The molecule has 0 aromatic heterocycles. The third kappa shape index (κ3) is 6.21. The standard InChI is InChI=1S/C4H4N2O2S.C4H10/c7-2-1-3(8)6-4(9)5-2;1-3-4-2/h1H2,(H2,5,6,7,8,9);3-4H2,1-2H3. The summed E-state index contributed by atoms with van der Waals surface area (Å²) in [6.07, 6.45) is 2.51. The predicted molar refractivity (Wildman–Crippen MR) is 54.1 cm³/mol. The first-order valence-corrected chi connectivity index (χ1v) is 4.64. The van der Waals surface area contributed by atoms with Crippen LogP contribution in [-0.4, -0.2) is 16.9 Å². The monoisotopic (exact) mass is 202 g/mol. The van der Waals surface area contributed by atoms with Crippen LogP contribution in [0.3, 0.4) is 0 Å². The van der Waals surface area contributed by atoms with Crippen LogP contribution >= 0.6 is 12.2 Å². The smallest absolute Gasteiger partial charge is 0.235 e. The molecule has 0 aromatic rings. The summed E-state index contributed by atoms with van der Waals surface area (Å²) in [5.74, 6) is -0.687. The van der Waals surface area contributed by atoms with Crippen molar-refractivity contribution in [2.24, 2.45) is 0 Å². The molecule has 2 amide bonds. The number of carbonyl (C=O) groups is 2. The van der Waals surface area contributed by atoms with Gasteiger partial charge in [-0.25, -0.2) is 0 Å². The Morgan fingerprint density at radius 1 is 1.15 bits per heavy atom. The van der Waals surface area contributed by atoms with E-state index in [1.54, 1.807) is 0 Å². The van der Waals surface area contributed by atoms with Crippen LogP contribution in [0.25, 0.3) is 0 Å². The van der Waals surface area contributed by atoms with Crippen LogP contribution in [0.15, 0.2) is 0 Å². The molecule has 74 valence electrons. The first-order chi connectivity index (χ1) is 6.10. The van der Waals surface area contributed by atoms with Crippen molar-refractivity contribution in [3.05, 3.63) is 0 Å². The fourth-order valence-corrected chi connectivity index (χ4v) is 0.746. The Hall–Kier alpha value is -0.970. The Kier molecular flexibility index (Phi) is 6.05. The molecule has 0 aromatic carbocycles. The molecule has 1 rings (SSSR count). The first-order valence-electron chi connectivity index (χ1n) is 4.23. The molecule has 1 heterocycles. The lowest BCUT2D eigenvalue weighted by Crippen LogP contribution is -2.49. The van der Waals surface area contributed by atoms with Gasteiger partial charge in [-0.2, -0.15) is 0 Å². The number of unbranched alkanes of at least 4 members (excludes halogenated alkanes) is 1. The molecule has 0 bridgehead atoms. The van der Waals surface area contributed by atoms with Crippen molar-refractivity contribution in [1.82, 2.24) is 10.6 Å². The molecule has 4 nitrogen and oxygen atoms in total. The first kappa shape index (κ1) is 12.0. The Morgan fingerprint density at radius 2 is 1.54 bits per heavy atom. The Balaban J connectivity index is 0.000000310. The van der Waals surface area contributed by atoms with Crippen molar-refractivity contribution in [3.63, 3.8) is 0 Å². The highest BCUT2D eigenvalue weighted by Gasteiger charge is 2.17. The average Bonchev–Trinajstić information content (AvgIpc) is 2.02. The summed E-state index contributed by atoms with van der Waals surface area (Å²) in [7, 11) is 0. The summed E-state index contributed by atoms with van der Waals surface area (Å²) in [6, 6.07) is 0. The molecular formula is C8H14N2O2S. The molecule has 1 saturated heterocycles. The predicted octanol–water partition coefficient (Wildman–Crippen LogP) is 0.714. The minimum atomic E-state index is -0.344. The number of rotatable bonds is 1. The summed E-state index contributed by atoms with van der Waals surface area (Å²) in [5.41, 5.74) is 0. The van der Waals surface area contributed by atoms with E-state index in [1.165, 1.54) is 12.8 Å². The zero-order chi connectivity index (χ0) is 10.3. The summed E-state index contributed by atoms with van der Waals surface area (Å²) in [5, 5.41) is 4.63. The summed E-state index contributed by atoms with van der Waals surface area (Å²) >= 11 is 4.50. The molecule has 0 spiro atoms. The third-order valence-corrected chi connectivity index (χ3v) is 1.53. The van der Waals surface area contributed by atoms with Gasteiger partial charge in [0.2, 0.25) is 11.8 Å². The van der Waals surface area contributed by atoms with Gasteiger partial charge in [0.25, 0.3) is 0 Å². The number of carbonyl (C=O) groups excluding carboxylic acids is 2. The van der Waals surface area contributed by atoms with Gasteiger partial charge in [-0.1, -0.05) is 26.7 Å². The second-order valence-corrected chi connectivity index (χ2v) is 3.01. The quantitative estimate of drug-likeness (QED) is 0.486. The number of hydrogen-bond donors (Lipinski definition) is 2. The Morgan fingerprint density at radius 3 is 1.77 bits per heavy atom. The van der Waals surface area contributed by atoms with Crippen molar-refractivity contribution in [2.45, 2.75) is 33.1 Å². The average molecular weight is 202 g/mol. The maximum atomic E-state index is 10.4. The van der Waals surface area contributed by atoms with Crippen LogP contribution < -0.4 is 10.6 Å².